The molecule has 1 aromatic heterocycles. The molecule has 0 radical (unpaired) electrons. The lowest BCUT2D eigenvalue weighted by Gasteiger charge is -2.11. The summed E-state index contributed by atoms with van der Waals surface area (Å²) in [6, 6.07) is 15.7. The molecular formula is C21H21N3O2S. The van der Waals surface area contributed by atoms with E-state index in [1.54, 1.807) is 12.3 Å². The summed E-state index contributed by atoms with van der Waals surface area (Å²) < 4.78 is 11.2. The molecule has 27 heavy (non-hydrogen) atoms. The maximum absolute atomic E-state index is 5.64. The van der Waals surface area contributed by atoms with E-state index >= 15 is 0 Å². The Bertz CT molecular complexity index is 907. The molecule has 0 aliphatic heterocycles. The molecule has 1 N–H and O–H groups in total. The lowest BCUT2D eigenvalue weighted by Crippen LogP contribution is -2.00. The summed E-state index contributed by atoms with van der Waals surface area (Å²) in [5.74, 6) is 1.37. The Morgan fingerprint density at radius 2 is 2.00 bits per heavy atom. The predicted molar refractivity (Wildman–Crippen MR) is 112 cm³/mol. The van der Waals surface area contributed by atoms with E-state index in [9.17, 15) is 0 Å². The first kappa shape index (κ1) is 18.7. The zero-order valence-corrected chi connectivity index (χ0v) is 15.9. The van der Waals surface area contributed by atoms with E-state index in [2.05, 4.69) is 22.1 Å². The van der Waals surface area contributed by atoms with Gasteiger partial charge in [0.25, 0.3) is 0 Å². The van der Waals surface area contributed by atoms with E-state index in [1.165, 1.54) is 11.3 Å². The molecule has 0 spiro atoms. The van der Waals surface area contributed by atoms with Gasteiger partial charge in [-0.2, -0.15) is 5.10 Å². The van der Waals surface area contributed by atoms with Gasteiger partial charge in [-0.25, -0.2) is 4.98 Å². The largest absolute Gasteiger partial charge is 0.490 e. The van der Waals surface area contributed by atoms with Crippen molar-refractivity contribution in [1.82, 2.24) is 4.98 Å². The fourth-order valence-corrected chi connectivity index (χ4v) is 3.04. The standard InChI is InChI=1S/C21H21N3O2S/c1-3-12-26-19-11-10-16(13-20(19)25-4-2)14-22-24-21-23-18(15-27-21)17-8-6-5-7-9-17/h3,5-11,13-15H,1,4,12H2,2H3,(H,23,24). The topological polar surface area (TPSA) is 55.7 Å². The summed E-state index contributed by atoms with van der Waals surface area (Å²) in [4.78, 5) is 4.55. The number of hydrazone groups is 1. The number of nitrogens with one attached hydrogen (secondary N) is 1. The Morgan fingerprint density at radius 3 is 2.78 bits per heavy atom. The SMILES string of the molecule is C=CCOc1ccc(C=NNc2nc(-c3ccccc3)cs2)cc1OCC. The van der Waals surface area contributed by atoms with Crippen molar-refractivity contribution in [2.24, 2.45) is 5.10 Å². The zero-order chi connectivity index (χ0) is 18.9. The van der Waals surface area contributed by atoms with Crippen molar-refractivity contribution in [3.05, 3.63) is 72.1 Å². The van der Waals surface area contributed by atoms with Crippen molar-refractivity contribution in [2.75, 3.05) is 18.6 Å². The van der Waals surface area contributed by atoms with Gasteiger partial charge in [0.15, 0.2) is 11.5 Å². The van der Waals surface area contributed by atoms with E-state index in [0.717, 1.165) is 22.0 Å². The Balaban J connectivity index is 1.66. The van der Waals surface area contributed by atoms with Crippen LogP contribution in [0.15, 0.2) is 71.7 Å². The molecule has 0 fully saturated rings. The van der Waals surface area contributed by atoms with Gasteiger partial charge in [0.1, 0.15) is 6.61 Å². The first-order valence-corrected chi connectivity index (χ1v) is 9.48. The molecule has 138 valence electrons. The van der Waals surface area contributed by atoms with Crippen molar-refractivity contribution in [1.29, 1.82) is 0 Å². The minimum absolute atomic E-state index is 0.433. The molecule has 0 saturated carbocycles. The number of ether oxygens (including phenoxy) is 2. The zero-order valence-electron chi connectivity index (χ0n) is 15.1. The summed E-state index contributed by atoms with van der Waals surface area (Å²) in [5.41, 5.74) is 5.89. The van der Waals surface area contributed by atoms with Crippen LogP contribution in [-0.2, 0) is 0 Å². The summed E-state index contributed by atoms with van der Waals surface area (Å²) >= 11 is 1.51. The minimum atomic E-state index is 0.433. The Morgan fingerprint density at radius 1 is 1.15 bits per heavy atom. The van der Waals surface area contributed by atoms with Gasteiger partial charge in [-0.3, -0.25) is 5.43 Å². The van der Waals surface area contributed by atoms with Crippen LogP contribution >= 0.6 is 11.3 Å². The van der Waals surface area contributed by atoms with Crippen LogP contribution in [-0.4, -0.2) is 24.4 Å². The molecule has 0 unspecified atom stereocenters. The molecule has 3 rings (SSSR count). The third-order valence-electron chi connectivity index (χ3n) is 3.57. The molecule has 0 aliphatic carbocycles. The van der Waals surface area contributed by atoms with Gasteiger partial charge in [-0.1, -0.05) is 43.0 Å². The summed E-state index contributed by atoms with van der Waals surface area (Å²) in [5, 5.41) is 7.02. The average molecular weight is 379 g/mol. The number of nitrogens with zero attached hydrogens (tertiary/aromatic N) is 2. The van der Waals surface area contributed by atoms with Crippen molar-refractivity contribution in [3.8, 4) is 22.8 Å². The van der Waals surface area contributed by atoms with Gasteiger partial charge >= 0.3 is 0 Å². The maximum Gasteiger partial charge on any atom is 0.203 e. The van der Waals surface area contributed by atoms with E-state index in [-0.39, 0.29) is 0 Å². The lowest BCUT2D eigenvalue weighted by molar-refractivity contribution is 0.297. The van der Waals surface area contributed by atoms with Crippen LogP contribution in [0.1, 0.15) is 12.5 Å². The third-order valence-corrected chi connectivity index (χ3v) is 4.32. The predicted octanol–water partition coefficient (Wildman–Crippen LogP) is 5.22. The van der Waals surface area contributed by atoms with E-state index in [4.69, 9.17) is 9.47 Å². The van der Waals surface area contributed by atoms with Gasteiger partial charge < -0.3 is 9.47 Å². The molecule has 6 heteroatoms. The third kappa shape index (κ3) is 5.18. The van der Waals surface area contributed by atoms with Gasteiger partial charge in [0.05, 0.1) is 18.5 Å². The molecule has 0 atom stereocenters. The number of aromatic nitrogens is 1. The maximum atomic E-state index is 5.64. The first-order valence-electron chi connectivity index (χ1n) is 8.60. The number of anilines is 1. The van der Waals surface area contributed by atoms with Crippen LogP contribution in [0.3, 0.4) is 0 Å². The van der Waals surface area contributed by atoms with E-state index in [1.807, 2.05) is 60.8 Å². The van der Waals surface area contributed by atoms with Gasteiger partial charge in [-0.15, -0.1) is 11.3 Å². The van der Waals surface area contributed by atoms with Crippen LogP contribution < -0.4 is 14.9 Å². The molecule has 5 nitrogen and oxygen atoms in total. The lowest BCUT2D eigenvalue weighted by atomic mass is 10.2. The summed E-state index contributed by atoms with van der Waals surface area (Å²) in [6.07, 6.45) is 3.43. The average Bonchev–Trinajstić information content (AvgIpc) is 3.17. The van der Waals surface area contributed by atoms with Crippen molar-refractivity contribution >= 4 is 22.7 Å². The number of benzene rings is 2. The van der Waals surface area contributed by atoms with Crippen LogP contribution in [0.2, 0.25) is 0 Å². The second-order valence-corrected chi connectivity index (χ2v) is 6.37. The number of rotatable bonds is 9. The Labute approximate surface area is 163 Å². The number of thiazole rings is 1. The number of hydrogen-bond acceptors (Lipinski definition) is 6. The molecule has 1 heterocycles. The van der Waals surface area contributed by atoms with Gasteiger partial charge in [-0.05, 0) is 30.7 Å². The van der Waals surface area contributed by atoms with E-state index in [0.29, 0.717) is 24.7 Å². The summed E-state index contributed by atoms with van der Waals surface area (Å²) in [6.45, 7) is 6.59. The van der Waals surface area contributed by atoms with Gasteiger partial charge in [0.2, 0.25) is 5.13 Å². The normalized spacial score (nSPS) is 10.7. The fraction of sp³-hybridized carbons (Fsp3) is 0.143. The van der Waals surface area contributed by atoms with Crippen LogP contribution in [0.4, 0.5) is 5.13 Å². The summed E-state index contributed by atoms with van der Waals surface area (Å²) in [7, 11) is 0. The Hall–Kier alpha value is -3.12. The Kier molecular flexibility index (Phi) is 6.60. The molecule has 0 bridgehead atoms. The molecule has 3 aromatic rings. The van der Waals surface area contributed by atoms with E-state index < -0.39 is 0 Å². The molecule has 0 amide bonds. The molecule has 0 saturated heterocycles. The second kappa shape index (κ2) is 9.54. The van der Waals surface area contributed by atoms with Crippen molar-refractivity contribution < 1.29 is 9.47 Å². The highest BCUT2D eigenvalue weighted by Crippen LogP contribution is 2.28. The van der Waals surface area contributed by atoms with Crippen LogP contribution in [0.5, 0.6) is 11.5 Å². The molecule has 0 aliphatic rings. The van der Waals surface area contributed by atoms with Crippen molar-refractivity contribution in [2.45, 2.75) is 6.92 Å². The fourth-order valence-electron chi connectivity index (χ4n) is 2.37. The second-order valence-electron chi connectivity index (χ2n) is 5.51. The smallest absolute Gasteiger partial charge is 0.203 e. The van der Waals surface area contributed by atoms with Crippen molar-refractivity contribution in [3.63, 3.8) is 0 Å². The molecular weight excluding hydrogens is 358 g/mol. The van der Waals surface area contributed by atoms with Crippen LogP contribution in [0.25, 0.3) is 11.3 Å². The quantitative estimate of drug-likeness (QED) is 0.315. The minimum Gasteiger partial charge on any atom is -0.490 e. The highest BCUT2D eigenvalue weighted by Gasteiger charge is 2.06. The number of hydrogen-bond donors (Lipinski definition) is 1. The monoisotopic (exact) mass is 379 g/mol. The molecule has 2 aromatic carbocycles. The highest BCUT2D eigenvalue weighted by atomic mass is 32.1. The highest BCUT2D eigenvalue weighted by molar-refractivity contribution is 7.14. The van der Waals surface area contributed by atoms with Gasteiger partial charge in [0, 0.05) is 10.9 Å². The first-order chi connectivity index (χ1) is 13.3. The van der Waals surface area contributed by atoms with Crippen LogP contribution in [0, 0.1) is 0 Å².